The summed E-state index contributed by atoms with van der Waals surface area (Å²) in [6.07, 6.45) is 1.79. The molecule has 4 rings (SSSR count). The van der Waals surface area contributed by atoms with Crippen molar-refractivity contribution in [1.82, 2.24) is 9.88 Å². The van der Waals surface area contributed by atoms with Crippen LogP contribution >= 0.6 is 11.6 Å². The molecule has 0 spiro atoms. The van der Waals surface area contributed by atoms with Crippen molar-refractivity contribution in [1.29, 1.82) is 0 Å². The molecule has 0 saturated carbocycles. The fourth-order valence-corrected chi connectivity index (χ4v) is 3.39. The molecule has 0 N–H and O–H groups in total. The Labute approximate surface area is 150 Å². The van der Waals surface area contributed by atoms with Gasteiger partial charge in [-0.3, -0.25) is 4.79 Å². The Hall–Kier alpha value is -2.53. The minimum absolute atomic E-state index is 0.0644. The number of carbonyl (C=O) groups is 1. The van der Waals surface area contributed by atoms with E-state index >= 15 is 0 Å². The third kappa shape index (κ3) is 2.96. The lowest BCUT2D eigenvalue weighted by Crippen LogP contribution is -2.49. The topological polar surface area (TPSA) is 49.6 Å². The zero-order valence-corrected chi connectivity index (χ0v) is 14.7. The van der Waals surface area contributed by atoms with E-state index in [1.54, 1.807) is 18.3 Å². The quantitative estimate of drug-likeness (QED) is 0.702. The van der Waals surface area contributed by atoms with E-state index < -0.39 is 0 Å². The molecule has 0 atom stereocenters. The molecule has 0 radical (unpaired) electrons. The van der Waals surface area contributed by atoms with Gasteiger partial charge in [0.1, 0.15) is 11.4 Å². The number of amides is 1. The standard InChI is InChI=1S/C19H18ClN3O2/c1-13-15-12-14(20)5-6-16(15)25-18(13)19(24)23-10-8-22(9-11-23)17-4-2-3-7-21-17/h2-7,12H,8-11H2,1H3. The lowest BCUT2D eigenvalue weighted by molar-refractivity contribution is 0.0716. The van der Waals surface area contributed by atoms with E-state index in [4.69, 9.17) is 16.0 Å². The molecule has 3 aromatic rings. The molecular weight excluding hydrogens is 338 g/mol. The van der Waals surface area contributed by atoms with Crippen LogP contribution in [0.15, 0.2) is 47.0 Å². The smallest absolute Gasteiger partial charge is 0.290 e. The van der Waals surface area contributed by atoms with Crippen molar-refractivity contribution in [3.05, 3.63) is 58.9 Å². The van der Waals surface area contributed by atoms with Crippen LogP contribution in [0.25, 0.3) is 11.0 Å². The molecule has 1 amide bonds. The minimum Gasteiger partial charge on any atom is -0.451 e. The van der Waals surface area contributed by atoms with Crippen LogP contribution in [0.4, 0.5) is 5.82 Å². The molecule has 6 heteroatoms. The van der Waals surface area contributed by atoms with Crippen LogP contribution in [0.1, 0.15) is 16.1 Å². The monoisotopic (exact) mass is 355 g/mol. The van der Waals surface area contributed by atoms with Crippen molar-refractivity contribution in [2.24, 2.45) is 0 Å². The van der Waals surface area contributed by atoms with Crippen LogP contribution in [-0.2, 0) is 0 Å². The van der Waals surface area contributed by atoms with Crippen molar-refractivity contribution < 1.29 is 9.21 Å². The number of hydrogen-bond donors (Lipinski definition) is 0. The van der Waals surface area contributed by atoms with E-state index in [0.29, 0.717) is 29.5 Å². The van der Waals surface area contributed by atoms with Gasteiger partial charge in [0.2, 0.25) is 0 Å². The molecule has 1 saturated heterocycles. The maximum atomic E-state index is 12.9. The van der Waals surface area contributed by atoms with E-state index in [0.717, 1.165) is 29.9 Å². The van der Waals surface area contributed by atoms with Crippen LogP contribution in [0.3, 0.4) is 0 Å². The number of aryl methyl sites for hydroxylation is 1. The van der Waals surface area contributed by atoms with Crippen molar-refractivity contribution in [3.63, 3.8) is 0 Å². The van der Waals surface area contributed by atoms with E-state index in [1.165, 1.54) is 0 Å². The highest BCUT2D eigenvalue weighted by Gasteiger charge is 2.27. The molecule has 1 fully saturated rings. The third-order valence-corrected chi connectivity index (χ3v) is 4.87. The maximum absolute atomic E-state index is 12.9. The number of carbonyl (C=O) groups excluding carboxylic acids is 1. The summed E-state index contributed by atoms with van der Waals surface area (Å²) in [5, 5.41) is 1.53. The van der Waals surface area contributed by atoms with Crippen molar-refractivity contribution in [2.75, 3.05) is 31.1 Å². The predicted octanol–water partition coefficient (Wildman–Crippen LogP) is 3.75. The largest absolute Gasteiger partial charge is 0.451 e. The van der Waals surface area contributed by atoms with Crippen LogP contribution < -0.4 is 4.90 Å². The zero-order valence-electron chi connectivity index (χ0n) is 13.9. The van der Waals surface area contributed by atoms with Crippen molar-refractivity contribution >= 4 is 34.3 Å². The second kappa shape index (κ2) is 6.41. The molecule has 3 heterocycles. The molecule has 2 aromatic heterocycles. The molecule has 0 aliphatic carbocycles. The van der Waals surface area contributed by atoms with Crippen molar-refractivity contribution in [3.8, 4) is 0 Å². The summed E-state index contributed by atoms with van der Waals surface area (Å²) in [6.45, 7) is 4.71. The van der Waals surface area contributed by atoms with Gasteiger partial charge in [0, 0.05) is 48.3 Å². The molecule has 25 heavy (non-hydrogen) atoms. The normalized spacial score (nSPS) is 15.0. The van der Waals surface area contributed by atoms with Gasteiger partial charge >= 0.3 is 0 Å². The number of rotatable bonds is 2. The van der Waals surface area contributed by atoms with Gasteiger partial charge in [-0.05, 0) is 37.3 Å². The molecular formula is C19H18ClN3O2. The number of pyridine rings is 1. The number of anilines is 1. The lowest BCUT2D eigenvalue weighted by atomic mass is 10.1. The Kier molecular flexibility index (Phi) is 4.09. The second-order valence-corrected chi connectivity index (χ2v) is 6.60. The molecule has 128 valence electrons. The number of piperazine rings is 1. The number of fused-ring (bicyclic) bond motifs is 1. The van der Waals surface area contributed by atoms with Crippen LogP contribution in [0.5, 0.6) is 0 Å². The number of hydrogen-bond acceptors (Lipinski definition) is 4. The number of halogens is 1. The SMILES string of the molecule is Cc1c(C(=O)N2CCN(c3ccccn3)CC2)oc2ccc(Cl)cc12. The molecule has 0 unspecified atom stereocenters. The first-order chi connectivity index (χ1) is 12.1. The summed E-state index contributed by atoms with van der Waals surface area (Å²) < 4.78 is 5.80. The van der Waals surface area contributed by atoms with Crippen LogP contribution in [0.2, 0.25) is 5.02 Å². The molecule has 0 bridgehead atoms. The predicted molar refractivity (Wildman–Crippen MR) is 98.3 cm³/mol. The average molecular weight is 356 g/mol. The van der Waals surface area contributed by atoms with E-state index in [9.17, 15) is 4.79 Å². The van der Waals surface area contributed by atoms with Crippen LogP contribution in [0, 0.1) is 6.92 Å². The first-order valence-electron chi connectivity index (χ1n) is 8.27. The lowest BCUT2D eigenvalue weighted by Gasteiger charge is -2.35. The highest BCUT2D eigenvalue weighted by Crippen LogP contribution is 2.29. The van der Waals surface area contributed by atoms with Crippen molar-refractivity contribution in [2.45, 2.75) is 6.92 Å². The molecule has 5 nitrogen and oxygen atoms in total. The van der Waals surface area contributed by atoms with Crippen LogP contribution in [-0.4, -0.2) is 42.0 Å². The summed E-state index contributed by atoms with van der Waals surface area (Å²) in [6, 6.07) is 11.3. The third-order valence-electron chi connectivity index (χ3n) is 4.63. The Morgan fingerprint density at radius 2 is 1.96 bits per heavy atom. The highest BCUT2D eigenvalue weighted by atomic mass is 35.5. The van der Waals surface area contributed by atoms with E-state index in [1.807, 2.05) is 36.1 Å². The first kappa shape index (κ1) is 16.0. The Bertz CT molecular complexity index is 915. The second-order valence-electron chi connectivity index (χ2n) is 6.16. The maximum Gasteiger partial charge on any atom is 0.290 e. The summed E-state index contributed by atoms with van der Waals surface area (Å²) >= 11 is 6.05. The van der Waals surface area contributed by atoms with Gasteiger partial charge in [-0.15, -0.1) is 0 Å². The summed E-state index contributed by atoms with van der Waals surface area (Å²) in [5.74, 6) is 1.29. The fourth-order valence-electron chi connectivity index (χ4n) is 3.22. The number of furan rings is 1. The van der Waals surface area contributed by atoms with Gasteiger partial charge in [0.15, 0.2) is 5.76 Å². The summed E-state index contributed by atoms with van der Waals surface area (Å²) in [5.41, 5.74) is 1.53. The van der Waals surface area contributed by atoms with E-state index in [-0.39, 0.29) is 5.91 Å². The van der Waals surface area contributed by atoms with E-state index in [2.05, 4.69) is 9.88 Å². The van der Waals surface area contributed by atoms with Gasteiger partial charge < -0.3 is 14.2 Å². The average Bonchev–Trinajstić information content (AvgIpc) is 2.98. The Balaban J connectivity index is 1.52. The van der Waals surface area contributed by atoms with Gasteiger partial charge in [0.25, 0.3) is 5.91 Å². The summed E-state index contributed by atoms with van der Waals surface area (Å²) in [4.78, 5) is 21.3. The minimum atomic E-state index is -0.0644. The number of nitrogens with zero attached hydrogens (tertiary/aromatic N) is 3. The molecule has 1 aromatic carbocycles. The summed E-state index contributed by atoms with van der Waals surface area (Å²) in [7, 11) is 0. The van der Waals surface area contributed by atoms with Gasteiger partial charge in [0.05, 0.1) is 0 Å². The molecule has 1 aliphatic heterocycles. The van der Waals surface area contributed by atoms with Gasteiger partial charge in [-0.2, -0.15) is 0 Å². The molecule has 1 aliphatic rings. The first-order valence-corrected chi connectivity index (χ1v) is 8.65. The zero-order chi connectivity index (χ0) is 17.4. The van der Waals surface area contributed by atoms with Gasteiger partial charge in [-0.1, -0.05) is 17.7 Å². The Morgan fingerprint density at radius 1 is 1.16 bits per heavy atom. The fraction of sp³-hybridized carbons (Fsp3) is 0.263. The number of benzene rings is 1. The number of aromatic nitrogens is 1. The highest BCUT2D eigenvalue weighted by molar-refractivity contribution is 6.31. The Morgan fingerprint density at radius 3 is 2.68 bits per heavy atom. The van der Waals surface area contributed by atoms with Gasteiger partial charge in [-0.25, -0.2) is 4.98 Å².